The summed E-state index contributed by atoms with van der Waals surface area (Å²) in [6, 6.07) is 14.5. The number of carboxylic acid groups (broad SMARTS) is 1. The normalized spacial score (nSPS) is 12.2. The highest BCUT2D eigenvalue weighted by molar-refractivity contribution is 5.97. The molecule has 3 aromatic carbocycles. The predicted molar refractivity (Wildman–Crippen MR) is 118 cm³/mol. The van der Waals surface area contributed by atoms with E-state index in [0.29, 0.717) is 22.6 Å². The van der Waals surface area contributed by atoms with Gasteiger partial charge in [-0.3, -0.25) is 4.79 Å². The number of carbonyl (C=O) groups is 2. The number of oxazole rings is 1. The molecule has 1 amide bonds. The average molecular weight is 462 g/mol. The number of aromatic nitrogens is 3. The van der Waals surface area contributed by atoms with Crippen molar-refractivity contribution >= 4 is 34.0 Å². The molecule has 170 valence electrons. The standard InChI is InChI=1S/C24H16F2N4O4/c25-14-8-9-16-21(20(14)26)30-19(27-16)11-17(24(32)33)28-22(31)12-4-3-5-13(10-12)23-29-15-6-1-2-7-18(15)34-23/h1-10,17H,11H2,(H,27,30)(H,28,31)(H,32,33)/t17-/m1/s1. The minimum atomic E-state index is -1.37. The quantitative estimate of drug-likeness (QED) is 0.350. The first-order valence-electron chi connectivity index (χ1n) is 10.2. The number of carbonyl (C=O) groups excluding carboxylic acids is 1. The summed E-state index contributed by atoms with van der Waals surface area (Å²) in [6.07, 6.45) is -0.262. The van der Waals surface area contributed by atoms with Crippen molar-refractivity contribution in [1.82, 2.24) is 20.3 Å². The summed E-state index contributed by atoms with van der Waals surface area (Å²) >= 11 is 0. The van der Waals surface area contributed by atoms with Crippen LogP contribution in [0, 0.1) is 11.6 Å². The highest BCUT2D eigenvalue weighted by atomic mass is 19.2. The lowest BCUT2D eigenvalue weighted by atomic mass is 10.1. The van der Waals surface area contributed by atoms with Crippen LogP contribution in [0.3, 0.4) is 0 Å². The van der Waals surface area contributed by atoms with E-state index in [0.717, 1.165) is 6.07 Å². The predicted octanol–water partition coefficient (Wildman–Crippen LogP) is 4.08. The Balaban J connectivity index is 1.37. The third kappa shape index (κ3) is 3.96. The molecular weight excluding hydrogens is 446 g/mol. The van der Waals surface area contributed by atoms with Gasteiger partial charge >= 0.3 is 5.97 Å². The van der Waals surface area contributed by atoms with E-state index in [2.05, 4.69) is 20.3 Å². The fraction of sp³-hybridized carbons (Fsp3) is 0.0833. The van der Waals surface area contributed by atoms with Crippen molar-refractivity contribution in [3.05, 3.63) is 83.7 Å². The minimum absolute atomic E-state index is 0.0902. The number of benzene rings is 3. The maximum atomic E-state index is 13.9. The molecule has 5 aromatic rings. The first-order valence-corrected chi connectivity index (χ1v) is 10.2. The summed E-state index contributed by atoms with van der Waals surface area (Å²) in [4.78, 5) is 35.7. The van der Waals surface area contributed by atoms with Crippen molar-refractivity contribution in [2.45, 2.75) is 12.5 Å². The van der Waals surface area contributed by atoms with E-state index < -0.39 is 29.6 Å². The molecule has 0 saturated heterocycles. The molecule has 0 aliphatic carbocycles. The maximum absolute atomic E-state index is 13.9. The molecule has 0 fully saturated rings. The van der Waals surface area contributed by atoms with Crippen molar-refractivity contribution in [1.29, 1.82) is 0 Å². The number of nitrogens with one attached hydrogen (secondary N) is 2. The van der Waals surface area contributed by atoms with Gasteiger partial charge in [0.25, 0.3) is 5.91 Å². The van der Waals surface area contributed by atoms with Crippen LogP contribution in [0.25, 0.3) is 33.6 Å². The number of aromatic amines is 1. The number of halogens is 2. The van der Waals surface area contributed by atoms with E-state index in [1.165, 1.54) is 18.2 Å². The number of hydrogen-bond acceptors (Lipinski definition) is 5. The van der Waals surface area contributed by atoms with Crippen LogP contribution >= 0.6 is 0 Å². The summed E-state index contributed by atoms with van der Waals surface area (Å²) < 4.78 is 33.1. The summed E-state index contributed by atoms with van der Waals surface area (Å²) in [5.41, 5.74) is 1.99. The minimum Gasteiger partial charge on any atom is -0.480 e. The molecule has 0 bridgehead atoms. The van der Waals surface area contributed by atoms with Gasteiger partial charge in [-0.1, -0.05) is 18.2 Å². The molecule has 8 nitrogen and oxygen atoms in total. The number of nitrogens with zero attached hydrogens (tertiary/aromatic N) is 2. The van der Waals surface area contributed by atoms with Crippen LogP contribution in [0.1, 0.15) is 16.2 Å². The zero-order valence-electron chi connectivity index (χ0n) is 17.4. The third-order valence-electron chi connectivity index (χ3n) is 5.26. The maximum Gasteiger partial charge on any atom is 0.326 e. The second-order valence-electron chi connectivity index (χ2n) is 7.58. The lowest BCUT2D eigenvalue weighted by Gasteiger charge is -2.13. The van der Waals surface area contributed by atoms with Gasteiger partial charge in [0.15, 0.2) is 17.2 Å². The number of aliphatic carboxylic acids is 1. The van der Waals surface area contributed by atoms with Gasteiger partial charge in [0, 0.05) is 17.5 Å². The zero-order valence-corrected chi connectivity index (χ0v) is 17.4. The largest absolute Gasteiger partial charge is 0.480 e. The smallest absolute Gasteiger partial charge is 0.326 e. The zero-order chi connectivity index (χ0) is 23.8. The number of rotatable bonds is 6. The first kappa shape index (κ1) is 21.3. The Bertz CT molecular complexity index is 1530. The van der Waals surface area contributed by atoms with Crippen LogP contribution in [-0.4, -0.2) is 38.0 Å². The van der Waals surface area contributed by atoms with Crippen molar-refractivity contribution in [2.24, 2.45) is 0 Å². The Morgan fingerprint density at radius 1 is 1.06 bits per heavy atom. The number of fused-ring (bicyclic) bond motifs is 2. The molecule has 2 heterocycles. The highest BCUT2D eigenvalue weighted by Crippen LogP contribution is 2.25. The summed E-state index contributed by atoms with van der Waals surface area (Å²) in [5.74, 6) is -3.73. The van der Waals surface area contributed by atoms with Crippen LogP contribution in [0.15, 0.2) is 65.1 Å². The number of H-pyrrole nitrogens is 1. The fourth-order valence-corrected chi connectivity index (χ4v) is 3.59. The molecule has 1 atom stereocenters. The summed E-state index contributed by atoms with van der Waals surface area (Å²) in [5, 5.41) is 12.0. The van der Waals surface area contributed by atoms with E-state index in [1.54, 1.807) is 24.3 Å². The molecule has 2 aromatic heterocycles. The second kappa shape index (κ2) is 8.39. The van der Waals surface area contributed by atoms with E-state index in [4.69, 9.17) is 4.42 Å². The molecule has 0 aliphatic heterocycles. The van der Waals surface area contributed by atoms with Crippen molar-refractivity contribution in [2.75, 3.05) is 0 Å². The van der Waals surface area contributed by atoms with Gasteiger partial charge in [0.05, 0.1) is 5.52 Å². The monoisotopic (exact) mass is 462 g/mol. The molecular formula is C24H16F2N4O4. The average Bonchev–Trinajstić information content (AvgIpc) is 3.45. The molecule has 0 saturated carbocycles. The van der Waals surface area contributed by atoms with Gasteiger partial charge < -0.3 is 19.8 Å². The van der Waals surface area contributed by atoms with Crippen LogP contribution < -0.4 is 5.32 Å². The Morgan fingerprint density at radius 2 is 1.88 bits per heavy atom. The number of carboxylic acids is 1. The fourth-order valence-electron chi connectivity index (χ4n) is 3.59. The van der Waals surface area contributed by atoms with Gasteiger partial charge in [-0.2, -0.15) is 0 Å². The molecule has 3 N–H and O–H groups in total. The second-order valence-corrected chi connectivity index (χ2v) is 7.58. The van der Waals surface area contributed by atoms with E-state index in [-0.39, 0.29) is 28.8 Å². The van der Waals surface area contributed by atoms with Gasteiger partial charge in [-0.05, 0) is 42.5 Å². The van der Waals surface area contributed by atoms with Crippen LogP contribution in [-0.2, 0) is 11.2 Å². The Kier molecular flexibility index (Phi) is 5.25. The van der Waals surface area contributed by atoms with Crippen LogP contribution in [0.2, 0.25) is 0 Å². The van der Waals surface area contributed by atoms with Gasteiger partial charge in [-0.25, -0.2) is 23.5 Å². The molecule has 5 rings (SSSR count). The van der Waals surface area contributed by atoms with E-state index >= 15 is 0 Å². The van der Waals surface area contributed by atoms with Gasteiger partial charge in [0.1, 0.15) is 22.9 Å². The summed E-state index contributed by atoms with van der Waals surface area (Å²) in [6.45, 7) is 0. The number of imidazole rings is 1. The molecule has 10 heteroatoms. The summed E-state index contributed by atoms with van der Waals surface area (Å²) in [7, 11) is 0. The number of para-hydroxylation sites is 2. The van der Waals surface area contributed by atoms with Crippen LogP contribution in [0.4, 0.5) is 8.78 Å². The SMILES string of the molecule is O=C(N[C@H](Cc1nc2c(F)c(F)ccc2[nH]1)C(=O)O)c1cccc(-c2nc3ccccc3o2)c1. The van der Waals surface area contributed by atoms with Gasteiger partial charge in [0.2, 0.25) is 5.89 Å². The molecule has 0 radical (unpaired) electrons. The Hall–Kier alpha value is -4.60. The topological polar surface area (TPSA) is 121 Å². The lowest BCUT2D eigenvalue weighted by Crippen LogP contribution is -2.42. The highest BCUT2D eigenvalue weighted by Gasteiger charge is 2.24. The van der Waals surface area contributed by atoms with Crippen molar-refractivity contribution in [3.8, 4) is 11.5 Å². The molecule has 0 aliphatic rings. The lowest BCUT2D eigenvalue weighted by molar-refractivity contribution is -0.139. The number of amides is 1. The van der Waals surface area contributed by atoms with Gasteiger partial charge in [-0.15, -0.1) is 0 Å². The molecule has 0 unspecified atom stereocenters. The number of hydrogen-bond donors (Lipinski definition) is 3. The molecule has 0 spiro atoms. The first-order chi connectivity index (χ1) is 16.4. The Labute approximate surface area is 190 Å². The van der Waals surface area contributed by atoms with Crippen LogP contribution in [0.5, 0.6) is 0 Å². The van der Waals surface area contributed by atoms with Crippen molar-refractivity contribution in [3.63, 3.8) is 0 Å². The Morgan fingerprint density at radius 3 is 2.68 bits per heavy atom. The third-order valence-corrected chi connectivity index (χ3v) is 5.26. The van der Waals surface area contributed by atoms with E-state index in [1.807, 2.05) is 12.1 Å². The van der Waals surface area contributed by atoms with Crippen molar-refractivity contribution < 1.29 is 27.9 Å². The molecule has 34 heavy (non-hydrogen) atoms. The van der Waals surface area contributed by atoms with E-state index in [9.17, 15) is 23.5 Å².